The molecule has 5 rings (SSSR count). The number of ether oxygens (including phenoxy) is 1. The zero-order chi connectivity index (χ0) is 30.4. The van der Waals surface area contributed by atoms with Gasteiger partial charge in [-0.05, 0) is 44.9 Å². The highest BCUT2D eigenvalue weighted by molar-refractivity contribution is 7.11. The van der Waals surface area contributed by atoms with Crippen molar-refractivity contribution in [2.24, 2.45) is 16.3 Å². The SMILES string of the molecule is CCOC(=O)C1=C(CN2CC(F)(F)[C@H]3CN(CC(C)(C)C(=O)O)C[C@H]32)NC(c2nccs2)=N[C@H]1c1cccc(F)c1C. The molecule has 42 heavy (non-hydrogen) atoms. The molecule has 0 radical (unpaired) electrons. The molecule has 2 saturated heterocycles. The number of likely N-dealkylation sites (tertiary alicyclic amines) is 2. The first kappa shape index (κ1) is 30.2. The molecule has 2 aromatic rings. The normalized spacial score (nSPS) is 24.4. The van der Waals surface area contributed by atoms with Gasteiger partial charge in [0, 0.05) is 49.5 Å². The van der Waals surface area contributed by atoms with Crippen LogP contribution < -0.4 is 5.32 Å². The Labute approximate surface area is 246 Å². The van der Waals surface area contributed by atoms with Crippen molar-refractivity contribution in [1.29, 1.82) is 0 Å². The molecule has 2 fully saturated rings. The number of halogens is 3. The van der Waals surface area contributed by atoms with Crippen LogP contribution in [0.25, 0.3) is 0 Å². The molecule has 0 spiro atoms. The number of hydrogen-bond donors (Lipinski definition) is 2. The number of benzene rings is 1. The monoisotopic (exact) mass is 605 g/mol. The number of carboxylic acid groups (broad SMARTS) is 1. The van der Waals surface area contributed by atoms with E-state index in [0.29, 0.717) is 27.7 Å². The van der Waals surface area contributed by atoms with Crippen molar-refractivity contribution in [2.75, 3.05) is 39.3 Å². The number of aliphatic carboxylic acids is 1. The summed E-state index contributed by atoms with van der Waals surface area (Å²) in [6.45, 7) is 6.40. The molecule has 0 bridgehead atoms. The summed E-state index contributed by atoms with van der Waals surface area (Å²) in [5.74, 6) is -5.79. The summed E-state index contributed by atoms with van der Waals surface area (Å²) in [4.78, 5) is 37.7. The van der Waals surface area contributed by atoms with Crippen LogP contribution >= 0.6 is 11.3 Å². The summed E-state index contributed by atoms with van der Waals surface area (Å²) in [6.07, 6.45) is 1.61. The van der Waals surface area contributed by atoms with Crippen molar-refractivity contribution >= 4 is 29.1 Å². The third-order valence-corrected chi connectivity index (χ3v) is 8.99. The second-order valence-corrected chi connectivity index (χ2v) is 12.5. The average molecular weight is 606 g/mol. The largest absolute Gasteiger partial charge is 0.481 e. The van der Waals surface area contributed by atoms with Gasteiger partial charge in [-0.25, -0.2) is 22.9 Å². The van der Waals surface area contributed by atoms with Gasteiger partial charge in [0.2, 0.25) is 0 Å². The molecule has 13 heteroatoms. The zero-order valence-electron chi connectivity index (χ0n) is 23.9. The fourth-order valence-corrected chi connectivity index (χ4v) is 6.64. The first-order chi connectivity index (χ1) is 19.8. The molecule has 0 unspecified atom stereocenters. The zero-order valence-corrected chi connectivity index (χ0v) is 24.7. The predicted molar refractivity (Wildman–Crippen MR) is 151 cm³/mol. The number of thiazole rings is 1. The van der Waals surface area contributed by atoms with Gasteiger partial charge >= 0.3 is 11.9 Å². The smallest absolute Gasteiger partial charge is 0.338 e. The maximum Gasteiger partial charge on any atom is 0.338 e. The van der Waals surface area contributed by atoms with E-state index in [-0.39, 0.29) is 38.4 Å². The van der Waals surface area contributed by atoms with Crippen LogP contribution in [-0.4, -0.2) is 89.0 Å². The first-order valence-electron chi connectivity index (χ1n) is 13.8. The number of rotatable bonds is 9. The highest BCUT2D eigenvalue weighted by Gasteiger charge is 2.58. The number of nitrogens with zero attached hydrogens (tertiary/aromatic N) is 4. The quantitative estimate of drug-likeness (QED) is 0.415. The fourth-order valence-electron chi connectivity index (χ4n) is 6.05. The Kier molecular flexibility index (Phi) is 8.20. The summed E-state index contributed by atoms with van der Waals surface area (Å²) in [6, 6.07) is 3.03. The Morgan fingerprint density at radius 3 is 2.71 bits per heavy atom. The van der Waals surface area contributed by atoms with Crippen LogP contribution in [0.4, 0.5) is 13.2 Å². The third-order valence-electron chi connectivity index (χ3n) is 8.21. The number of carbonyl (C=O) groups excluding carboxylic acids is 1. The Bertz CT molecular complexity index is 1430. The average Bonchev–Trinajstić information content (AvgIpc) is 3.64. The van der Waals surface area contributed by atoms with Crippen molar-refractivity contribution in [3.63, 3.8) is 0 Å². The Morgan fingerprint density at radius 2 is 2.05 bits per heavy atom. The number of alkyl halides is 2. The van der Waals surface area contributed by atoms with Crippen LogP contribution in [0.2, 0.25) is 0 Å². The molecule has 0 amide bonds. The lowest BCUT2D eigenvalue weighted by atomic mass is 9.92. The second-order valence-electron chi connectivity index (χ2n) is 11.6. The van der Waals surface area contributed by atoms with Gasteiger partial charge in [-0.3, -0.25) is 14.7 Å². The lowest BCUT2D eigenvalue weighted by molar-refractivity contribution is -0.148. The maximum absolute atomic E-state index is 15.4. The number of fused-ring (bicyclic) bond motifs is 1. The summed E-state index contributed by atoms with van der Waals surface area (Å²) in [5.41, 5.74) is 0.132. The van der Waals surface area contributed by atoms with E-state index in [9.17, 15) is 19.1 Å². The van der Waals surface area contributed by atoms with E-state index in [1.54, 1.807) is 55.1 Å². The minimum atomic E-state index is -3.02. The number of aliphatic imine (C=N–C) groups is 1. The summed E-state index contributed by atoms with van der Waals surface area (Å²) < 4.78 is 50.9. The lowest BCUT2D eigenvalue weighted by Gasteiger charge is -2.32. The molecule has 1 aromatic carbocycles. The summed E-state index contributed by atoms with van der Waals surface area (Å²) in [5, 5.41) is 15.1. The standard InChI is InChI=1S/C29H34F3N5O4S/c1-5-41-26(38)22-20(12-37-15-29(31,32)18-11-36(13-21(18)37)14-28(3,4)27(39)40)34-24(25-33-9-10-42-25)35-23(22)17-7-6-8-19(30)16(17)2/h6-10,18,21,23H,5,11-15H2,1-4H3,(H,34,35)(H,39,40)/t18-,21+,23-/m0/s1. The van der Waals surface area contributed by atoms with Crippen molar-refractivity contribution in [1.82, 2.24) is 20.1 Å². The number of aromatic nitrogens is 1. The highest BCUT2D eigenvalue weighted by Crippen LogP contribution is 2.44. The molecule has 3 atom stereocenters. The van der Waals surface area contributed by atoms with Gasteiger partial charge in [0.1, 0.15) is 11.9 Å². The number of carboxylic acids is 1. The first-order valence-corrected chi connectivity index (χ1v) is 14.7. The molecule has 0 aliphatic carbocycles. The highest BCUT2D eigenvalue weighted by atomic mass is 32.1. The van der Waals surface area contributed by atoms with Crippen LogP contribution in [0.3, 0.4) is 0 Å². The van der Waals surface area contributed by atoms with Gasteiger partial charge < -0.3 is 20.1 Å². The lowest BCUT2D eigenvalue weighted by Crippen LogP contribution is -2.44. The van der Waals surface area contributed by atoms with Gasteiger partial charge in [0.15, 0.2) is 10.8 Å². The Morgan fingerprint density at radius 1 is 1.29 bits per heavy atom. The number of esters is 1. The van der Waals surface area contributed by atoms with Crippen LogP contribution in [-0.2, 0) is 14.3 Å². The van der Waals surface area contributed by atoms with Crippen molar-refractivity contribution in [3.05, 3.63) is 63.0 Å². The molecule has 9 nitrogen and oxygen atoms in total. The van der Waals surface area contributed by atoms with E-state index >= 15 is 8.78 Å². The van der Waals surface area contributed by atoms with E-state index in [2.05, 4.69) is 10.3 Å². The Balaban J connectivity index is 1.54. The molecule has 0 saturated carbocycles. The molecular formula is C29H34F3N5O4S. The van der Waals surface area contributed by atoms with E-state index in [4.69, 9.17) is 9.73 Å². The van der Waals surface area contributed by atoms with Gasteiger partial charge in [0.05, 0.1) is 30.1 Å². The molecule has 4 heterocycles. The van der Waals surface area contributed by atoms with Gasteiger partial charge in [-0.15, -0.1) is 11.3 Å². The number of nitrogens with one attached hydrogen (secondary N) is 1. The molecule has 226 valence electrons. The van der Waals surface area contributed by atoms with E-state index in [1.807, 2.05) is 0 Å². The van der Waals surface area contributed by atoms with Gasteiger partial charge in [0.25, 0.3) is 5.92 Å². The van der Waals surface area contributed by atoms with Gasteiger partial charge in [-0.2, -0.15) is 0 Å². The minimum absolute atomic E-state index is 0.0453. The third kappa shape index (κ3) is 5.69. The van der Waals surface area contributed by atoms with Crippen molar-refractivity contribution in [2.45, 2.75) is 45.7 Å². The molecule has 3 aliphatic rings. The van der Waals surface area contributed by atoms with E-state index < -0.39 is 53.6 Å². The van der Waals surface area contributed by atoms with Crippen molar-refractivity contribution in [3.8, 4) is 0 Å². The molecule has 3 aliphatic heterocycles. The molecular weight excluding hydrogens is 571 g/mol. The van der Waals surface area contributed by atoms with Crippen LogP contribution in [0.5, 0.6) is 0 Å². The van der Waals surface area contributed by atoms with E-state index in [0.717, 1.165) is 0 Å². The number of carbonyl (C=O) groups is 2. The van der Waals surface area contributed by atoms with Crippen LogP contribution in [0.1, 0.15) is 42.9 Å². The number of hydrogen-bond acceptors (Lipinski definition) is 9. The second kappa shape index (κ2) is 11.4. The van der Waals surface area contributed by atoms with E-state index in [1.165, 1.54) is 23.5 Å². The van der Waals surface area contributed by atoms with Gasteiger partial charge in [-0.1, -0.05) is 12.1 Å². The fraction of sp³-hybridized carbons (Fsp3) is 0.517. The molecule has 1 aromatic heterocycles. The van der Waals surface area contributed by atoms with Crippen LogP contribution in [0.15, 0.2) is 46.0 Å². The Hall–Kier alpha value is -3.29. The number of amidine groups is 1. The summed E-state index contributed by atoms with van der Waals surface area (Å²) in [7, 11) is 0. The van der Waals surface area contributed by atoms with Crippen molar-refractivity contribution < 1.29 is 32.6 Å². The topological polar surface area (TPSA) is 107 Å². The molecule has 2 N–H and O–H groups in total. The predicted octanol–water partition coefficient (Wildman–Crippen LogP) is 3.86. The minimum Gasteiger partial charge on any atom is -0.481 e. The maximum atomic E-state index is 15.4. The van der Waals surface area contributed by atoms with Crippen LogP contribution in [0, 0.1) is 24.1 Å². The summed E-state index contributed by atoms with van der Waals surface area (Å²) >= 11 is 1.32.